The average molecular weight is 2510 g/mol. The average Bonchev–Trinajstić information content (AvgIpc) is 2.79. The van der Waals surface area contributed by atoms with Gasteiger partial charge in [0.2, 0.25) is 0 Å². The minimum Gasteiger partial charge on any atom is -0.493 e. The van der Waals surface area contributed by atoms with Crippen molar-refractivity contribution >= 4 is 0 Å². The summed E-state index contributed by atoms with van der Waals surface area (Å²) in [6.07, 6.45) is -16.9. The molecular formula is C18H30Ac9O14. The molecule has 0 aromatic carbocycles. The molecule has 0 bridgehead atoms. The van der Waals surface area contributed by atoms with Crippen LogP contribution in [0.5, 0.6) is 0 Å². The fourth-order valence-corrected chi connectivity index (χ4v) is 3.77. The van der Waals surface area contributed by atoms with E-state index < -0.39 is 99.5 Å². The molecule has 14 nitrogen and oxygen atoms in total. The maximum Gasteiger partial charge on any atom is 0.187 e. The van der Waals surface area contributed by atoms with Crippen molar-refractivity contribution in [1.82, 2.24) is 0 Å². The number of hydrogen-bond donors (Lipinski definition) is 9. The van der Waals surface area contributed by atoms with Gasteiger partial charge in [-0.25, -0.2) is 0 Å². The summed E-state index contributed by atoms with van der Waals surface area (Å²) in [6, 6.07) is 0. The van der Waals surface area contributed by atoms with Crippen molar-refractivity contribution in [1.29, 1.82) is 0 Å². The second-order valence-corrected chi connectivity index (χ2v) is 7.78. The Bertz CT molecular complexity index is 648. The molecule has 9 N–H and O–H groups in total. The van der Waals surface area contributed by atoms with E-state index in [1.54, 1.807) is 0 Å². The third-order valence-electron chi connectivity index (χ3n) is 5.66. The summed E-state index contributed by atoms with van der Waals surface area (Å²) in [6.45, 7) is -1.97. The molecule has 3 aliphatic rings. The van der Waals surface area contributed by atoms with E-state index in [1.807, 2.05) is 0 Å². The van der Waals surface area contributed by atoms with Crippen LogP contribution in [0.15, 0.2) is 12.3 Å². The summed E-state index contributed by atoms with van der Waals surface area (Å²) in [7, 11) is 0. The van der Waals surface area contributed by atoms with Crippen molar-refractivity contribution in [3.8, 4) is 0 Å². The zero-order valence-electron chi connectivity index (χ0n) is 22.0. The first kappa shape index (κ1) is 67.7. The molecule has 0 aromatic rings. The zero-order valence-corrected chi connectivity index (χ0v) is 64.8. The van der Waals surface area contributed by atoms with Gasteiger partial charge in [-0.2, -0.15) is 0 Å². The predicted molar refractivity (Wildman–Crippen MR) is 98.4 cm³/mol. The van der Waals surface area contributed by atoms with Gasteiger partial charge in [0.05, 0.1) is 26.1 Å². The molecular weight excluding hydrogens is 2480 g/mol. The van der Waals surface area contributed by atoms with Crippen LogP contribution in [0.25, 0.3) is 0 Å². The topological polar surface area (TPSA) is 228 Å². The maximum absolute atomic E-state index is 10.6. The van der Waals surface area contributed by atoms with Crippen LogP contribution >= 0.6 is 0 Å². The molecule has 0 aliphatic carbocycles. The normalized spacial score (nSPS) is 38.7. The summed E-state index contributed by atoms with van der Waals surface area (Å²) >= 11 is 0. The number of ether oxygens (including phenoxy) is 5. The third kappa shape index (κ3) is 20.3. The van der Waals surface area contributed by atoms with Gasteiger partial charge in [0.1, 0.15) is 67.1 Å². The Kier molecular flexibility index (Phi) is 60.0. The molecule has 0 amide bonds. The number of aliphatic hydroxyl groups is 9. The van der Waals surface area contributed by atoms with Crippen molar-refractivity contribution in [3.63, 3.8) is 0 Å². The van der Waals surface area contributed by atoms with Crippen molar-refractivity contribution in [2.75, 3.05) is 19.8 Å². The van der Waals surface area contributed by atoms with E-state index >= 15 is 0 Å². The van der Waals surface area contributed by atoms with Crippen molar-refractivity contribution in [2.45, 2.75) is 79.7 Å². The van der Waals surface area contributed by atoms with Crippen LogP contribution in [-0.4, -0.2) is 146 Å². The van der Waals surface area contributed by atoms with Crippen LogP contribution in [0.4, 0.5) is 0 Å². The first-order chi connectivity index (χ1) is 15.2. The monoisotopic (exact) mass is 2510 g/mol. The second kappa shape index (κ2) is 36.3. The Morgan fingerprint density at radius 3 is 1.37 bits per heavy atom. The van der Waals surface area contributed by atoms with Gasteiger partial charge in [0.25, 0.3) is 0 Å². The van der Waals surface area contributed by atoms with E-state index in [-0.39, 0.29) is 397 Å². The SMILES string of the molecule is OCC1OC=CC(O)[C@H]1O[C@@H]1OC(CO)[C@H](O[C@@H]2OC(CO)[C@H](O)[C@H](O)C2O)[C@H](O)C1O.[Ac].[Ac].[Ac].[Ac].[Ac].[Ac].[Ac].[Ac].[Ac]. The van der Waals surface area contributed by atoms with E-state index in [4.69, 9.17) is 23.7 Å². The van der Waals surface area contributed by atoms with E-state index in [1.165, 1.54) is 12.3 Å². The summed E-state index contributed by atoms with van der Waals surface area (Å²) in [4.78, 5) is 0. The van der Waals surface area contributed by atoms with Crippen LogP contribution in [-0.2, 0) is 23.7 Å². The molecule has 9 radical (unpaired) electrons. The van der Waals surface area contributed by atoms with E-state index in [0.717, 1.165) is 0 Å². The Hall–Kier alpha value is 12.0. The standard InChI is InChI=1S/C18H30O14.9Ac/c19-3-7-10(23)11(24)13(26)17(29-7)32-16-9(5-21)30-18(14(27)12(16)25)31-15-6(22)1-2-28-8(15)4-20;;;;;;;;;/h1-2,6-27H,3-5H2;;;;;;;;;/t6?,7?,8?,9?,10-,11-,12+,13?,14?,15+,16-,17-,18-;;;;;;;;;/m0........./s1. The molecule has 0 aromatic heterocycles. The fourth-order valence-electron chi connectivity index (χ4n) is 3.77. The molecule has 3 rings (SSSR count). The van der Waals surface area contributed by atoms with Gasteiger partial charge in [0.15, 0.2) is 12.6 Å². The number of rotatable bonds is 7. The Morgan fingerprint density at radius 2 is 0.902 bits per heavy atom. The van der Waals surface area contributed by atoms with Gasteiger partial charge in [-0.3, -0.25) is 0 Å². The molecule has 13 atom stereocenters. The van der Waals surface area contributed by atoms with Gasteiger partial charge in [-0.1, -0.05) is 0 Å². The van der Waals surface area contributed by atoms with E-state index in [9.17, 15) is 46.0 Å². The van der Waals surface area contributed by atoms with Crippen molar-refractivity contribution < 1.29 is 466 Å². The van der Waals surface area contributed by atoms with Crippen LogP contribution < -0.4 is 0 Å². The summed E-state index contributed by atoms with van der Waals surface area (Å²) < 4.78 is 26.8. The second-order valence-electron chi connectivity index (χ2n) is 7.78. The predicted octanol–water partition coefficient (Wildman–Crippen LogP) is -5.74. The van der Waals surface area contributed by atoms with Gasteiger partial charge in [-0.05, 0) is 6.08 Å². The van der Waals surface area contributed by atoms with Crippen LogP contribution in [0, 0.1) is 397 Å². The molecule has 3 heterocycles. The molecule has 3 aliphatic heterocycles. The first-order valence-corrected chi connectivity index (χ1v) is 10.1. The molecule has 6 unspecified atom stereocenters. The number of hydrogen-bond acceptors (Lipinski definition) is 14. The molecule has 2 fully saturated rings. The molecule has 0 spiro atoms. The first-order valence-electron chi connectivity index (χ1n) is 10.1. The Balaban J connectivity index is -0.000000257. The molecule has 0 saturated carbocycles. The largest absolute Gasteiger partial charge is 0.493 e. The summed E-state index contributed by atoms with van der Waals surface area (Å²) in [5.74, 6) is 0. The Labute approximate surface area is 560 Å². The van der Waals surface area contributed by atoms with Crippen molar-refractivity contribution in [2.24, 2.45) is 0 Å². The molecule has 41 heavy (non-hydrogen) atoms. The van der Waals surface area contributed by atoms with Crippen LogP contribution in [0.2, 0.25) is 0 Å². The maximum atomic E-state index is 10.6. The minimum atomic E-state index is -1.78. The summed E-state index contributed by atoms with van der Waals surface area (Å²) in [5, 5.41) is 89.4. The quantitative estimate of drug-likeness (QED) is 0.116. The van der Waals surface area contributed by atoms with Crippen LogP contribution in [0.1, 0.15) is 0 Å². The van der Waals surface area contributed by atoms with Crippen LogP contribution in [0.3, 0.4) is 0 Å². The molecule has 23 heteroatoms. The minimum absolute atomic E-state index is 0. The van der Waals surface area contributed by atoms with Gasteiger partial charge >= 0.3 is 0 Å². The molecule has 2 saturated heterocycles. The number of aliphatic hydroxyl groups excluding tert-OH is 9. The van der Waals surface area contributed by atoms with E-state index in [2.05, 4.69) is 0 Å². The smallest absolute Gasteiger partial charge is 0.187 e. The molecule has 213 valence electrons. The van der Waals surface area contributed by atoms with E-state index in [0.29, 0.717) is 0 Å². The van der Waals surface area contributed by atoms with Gasteiger partial charge in [-0.15, -0.1) is 0 Å². The third-order valence-corrected chi connectivity index (χ3v) is 5.66. The van der Waals surface area contributed by atoms with Crippen molar-refractivity contribution in [3.05, 3.63) is 12.3 Å². The fraction of sp³-hybridized carbons (Fsp3) is 0.889. The van der Waals surface area contributed by atoms with Gasteiger partial charge in [0, 0.05) is 397 Å². The Morgan fingerprint density at radius 1 is 0.488 bits per heavy atom. The zero-order chi connectivity index (χ0) is 23.6. The van der Waals surface area contributed by atoms with Gasteiger partial charge < -0.3 is 69.6 Å². The summed E-state index contributed by atoms with van der Waals surface area (Å²) in [5.41, 5.74) is 0.